The largest absolute Gasteiger partial charge is 0.493 e. The molecule has 0 heterocycles. The summed E-state index contributed by atoms with van der Waals surface area (Å²) in [6, 6.07) is 17.1. The number of methoxy groups -OCH3 is 2. The Balaban J connectivity index is 2.08. The number of rotatable bonds is 12. The molecular formula is C31H38FN3O6S. The van der Waals surface area contributed by atoms with Gasteiger partial charge in [0.05, 0.1) is 24.8 Å². The van der Waals surface area contributed by atoms with Gasteiger partial charge in [-0.05, 0) is 69.2 Å². The van der Waals surface area contributed by atoms with E-state index in [0.717, 1.165) is 4.31 Å². The number of hydrogen-bond donors (Lipinski definition) is 1. The molecular weight excluding hydrogens is 561 g/mol. The lowest BCUT2D eigenvalue weighted by Gasteiger charge is -2.34. The Bertz CT molecular complexity index is 1470. The molecule has 226 valence electrons. The fraction of sp³-hybridized carbons (Fsp3) is 0.355. The average Bonchev–Trinajstić information content (AvgIpc) is 2.95. The predicted octanol–water partition coefficient (Wildman–Crippen LogP) is 4.76. The fourth-order valence-corrected chi connectivity index (χ4v) is 5.82. The van der Waals surface area contributed by atoms with Crippen LogP contribution in [-0.2, 0) is 26.2 Å². The summed E-state index contributed by atoms with van der Waals surface area (Å²) < 4.78 is 53.3. The lowest BCUT2D eigenvalue weighted by molar-refractivity contribution is -0.141. The molecule has 11 heteroatoms. The summed E-state index contributed by atoms with van der Waals surface area (Å²) in [5.41, 5.74) is 0.275. The lowest BCUT2D eigenvalue weighted by atomic mass is 10.1. The molecule has 0 fully saturated rings. The van der Waals surface area contributed by atoms with Crippen molar-refractivity contribution in [3.05, 3.63) is 84.2 Å². The third-order valence-corrected chi connectivity index (χ3v) is 8.19. The Morgan fingerprint density at radius 2 is 1.55 bits per heavy atom. The van der Waals surface area contributed by atoms with Gasteiger partial charge < -0.3 is 19.7 Å². The number of sulfonamides is 1. The zero-order valence-corrected chi connectivity index (χ0v) is 25.6. The number of halogens is 1. The van der Waals surface area contributed by atoms with E-state index in [2.05, 4.69) is 5.32 Å². The van der Waals surface area contributed by atoms with Crippen LogP contribution in [-0.4, -0.2) is 57.5 Å². The molecule has 0 spiro atoms. The Hall–Kier alpha value is -4.12. The number of carbonyl (C=O) groups is 2. The van der Waals surface area contributed by atoms with Crippen LogP contribution in [0.4, 0.5) is 10.1 Å². The number of ether oxygens (including phenoxy) is 2. The highest BCUT2D eigenvalue weighted by molar-refractivity contribution is 7.92. The van der Waals surface area contributed by atoms with Gasteiger partial charge in [0.15, 0.2) is 11.5 Å². The molecule has 42 heavy (non-hydrogen) atoms. The first kappa shape index (κ1) is 32.4. The minimum Gasteiger partial charge on any atom is -0.493 e. The first-order valence-electron chi connectivity index (χ1n) is 13.5. The molecule has 9 nitrogen and oxygen atoms in total. The van der Waals surface area contributed by atoms with Gasteiger partial charge >= 0.3 is 0 Å². The van der Waals surface area contributed by atoms with Gasteiger partial charge in [0.2, 0.25) is 11.8 Å². The SMILES string of the molecule is CC[C@@H](C(=O)NC(C)(C)C)N(Cc1ccc(F)cc1)C(=O)CN(c1ccccc1)S(=O)(=O)c1ccc(OC)c(OC)c1. The first-order chi connectivity index (χ1) is 19.8. The van der Waals surface area contributed by atoms with E-state index < -0.39 is 39.9 Å². The van der Waals surface area contributed by atoms with Crippen LogP contribution in [0.15, 0.2) is 77.7 Å². The maximum atomic E-state index is 14.1. The quantitative estimate of drug-likeness (QED) is 0.322. The van der Waals surface area contributed by atoms with Crippen LogP contribution >= 0.6 is 0 Å². The third-order valence-electron chi connectivity index (χ3n) is 6.42. The van der Waals surface area contributed by atoms with Crippen LogP contribution in [0.25, 0.3) is 0 Å². The second kappa shape index (κ2) is 13.7. The average molecular weight is 600 g/mol. The molecule has 0 radical (unpaired) electrons. The number of amides is 2. The predicted molar refractivity (Wildman–Crippen MR) is 159 cm³/mol. The Morgan fingerprint density at radius 1 is 0.929 bits per heavy atom. The van der Waals surface area contributed by atoms with Gasteiger partial charge in [-0.2, -0.15) is 0 Å². The van der Waals surface area contributed by atoms with Gasteiger partial charge in [-0.15, -0.1) is 0 Å². The molecule has 3 rings (SSSR count). The van der Waals surface area contributed by atoms with Crippen molar-refractivity contribution in [3.63, 3.8) is 0 Å². The molecule has 0 aliphatic heterocycles. The molecule has 1 atom stereocenters. The normalized spacial score (nSPS) is 12.3. The van der Waals surface area contributed by atoms with Crippen molar-refractivity contribution < 1.29 is 31.9 Å². The van der Waals surface area contributed by atoms with Gasteiger partial charge in [0.1, 0.15) is 18.4 Å². The molecule has 0 bridgehead atoms. The minimum absolute atomic E-state index is 0.0335. The van der Waals surface area contributed by atoms with Crippen LogP contribution in [0, 0.1) is 5.82 Å². The summed E-state index contributed by atoms with van der Waals surface area (Å²) in [5.74, 6) is -0.872. The first-order valence-corrected chi connectivity index (χ1v) is 14.9. The van der Waals surface area contributed by atoms with Crippen molar-refractivity contribution in [1.82, 2.24) is 10.2 Å². The molecule has 0 unspecified atom stereocenters. The highest BCUT2D eigenvalue weighted by Crippen LogP contribution is 2.32. The molecule has 0 aliphatic rings. The molecule has 1 N–H and O–H groups in total. The number of nitrogens with one attached hydrogen (secondary N) is 1. The van der Waals surface area contributed by atoms with Crippen molar-refractivity contribution in [1.29, 1.82) is 0 Å². The fourth-order valence-electron chi connectivity index (χ4n) is 4.39. The van der Waals surface area contributed by atoms with Crippen LogP contribution in [0.5, 0.6) is 11.5 Å². The van der Waals surface area contributed by atoms with Gasteiger partial charge in [-0.3, -0.25) is 13.9 Å². The number of carbonyl (C=O) groups excluding carboxylic acids is 2. The summed E-state index contributed by atoms with van der Waals surface area (Å²) in [6.45, 7) is 6.63. The Morgan fingerprint density at radius 3 is 2.10 bits per heavy atom. The number of benzene rings is 3. The van der Waals surface area contributed by atoms with Crippen molar-refractivity contribution >= 4 is 27.5 Å². The van der Waals surface area contributed by atoms with Gasteiger partial charge in [-0.1, -0.05) is 37.3 Å². The van der Waals surface area contributed by atoms with E-state index in [4.69, 9.17) is 9.47 Å². The third kappa shape index (κ3) is 8.00. The topological polar surface area (TPSA) is 105 Å². The second-order valence-electron chi connectivity index (χ2n) is 10.7. The second-order valence-corrected chi connectivity index (χ2v) is 12.5. The summed E-state index contributed by atoms with van der Waals surface area (Å²) >= 11 is 0. The van der Waals surface area contributed by atoms with Crippen molar-refractivity contribution in [2.45, 2.75) is 57.1 Å². The Kier molecular flexibility index (Phi) is 10.6. The summed E-state index contributed by atoms with van der Waals surface area (Å²) in [5, 5.41) is 2.91. The maximum Gasteiger partial charge on any atom is 0.264 e. The highest BCUT2D eigenvalue weighted by Gasteiger charge is 2.35. The molecule has 0 saturated heterocycles. The molecule has 2 amide bonds. The van der Waals surface area contributed by atoms with Crippen molar-refractivity contribution in [3.8, 4) is 11.5 Å². The zero-order valence-electron chi connectivity index (χ0n) is 24.8. The molecule has 0 aromatic heterocycles. The lowest BCUT2D eigenvalue weighted by Crippen LogP contribution is -2.55. The summed E-state index contributed by atoms with van der Waals surface area (Å²) in [7, 11) is -1.46. The Labute approximate surface area is 247 Å². The number of para-hydroxylation sites is 1. The molecule has 3 aromatic rings. The maximum absolute atomic E-state index is 14.1. The molecule has 3 aromatic carbocycles. The van der Waals surface area contributed by atoms with Crippen LogP contribution in [0.3, 0.4) is 0 Å². The number of hydrogen-bond acceptors (Lipinski definition) is 6. The van der Waals surface area contributed by atoms with Gasteiger partial charge in [0.25, 0.3) is 10.0 Å². The van der Waals surface area contributed by atoms with Gasteiger partial charge in [-0.25, -0.2) is 12.8 Å². The van der Waals surface area contributed by atoms with E-state index in [1.54, 1.807) is 37.3 Å². The molecule has 0 aliphatic carbocycles. The summed E-state index contributed by atoms with van der Waals surface area (Å²) in [6.07, 6.45) is 0.266. The highest BCUT2D eigenvalue weighted by atomic mass is 32.2. The smallest absolute Gasteiger partial charge is 0.264 e. The van der Waals surface area contributed by atoms with E-state index in [0.29, 0.717) is 11.3 Å². The standard InChI is InChI=1S/C31H38FN3O6S/c1-7-26(30(37)33-31(2,3)4)34(20-22-13-15-23(32)16-14-22)29(36)21-35(24-11-9-8-10-12-24)42(38,39)25-17-18-27(40-5)28(19-25)41-6/h8-19,26H,7,20-21H2,1-6H3,(H,33,37)/t26-/m0/s1. The molecule has 0 saturated carbocycles. The van der Waals surface area contributed by atoms with Crippen molar-refractivity contribution in [2.24, 2.45) is 0 Å². The van der Waals surface area contributed by atoms with E-state index in [9.17, 15) is 22.4 Å². The van der Waals surface area contributed by atoms with E-state index in [1.807, 2.05) is 20.8 Å². The van der Waals surface area contributed by atoms with E-state index in [1.165, 1.54) is 61.6 Å². The van der Waals surface area contributed by atoms with Crippen molar-refractivity contribution in [2.75, 3.05) is 25.1 Å². The van der Waals surface area contributed by atoms with E-state index in [-0.39, 0.29) is 35.2 Å². The number of nitrogens with zero attached hydrogens (tertiary/aromatic N) is 2. The summed E-state index contributed by atoms with van der Waals surface area (Å²) in [4.78, 5) is 28.7. The minimum atomic E-state index is -4.30. The van der Waals surface area contributed by atoms with Crippen LogP contribution in [0.1, 0.15) is 39.7 Å². The van der Waals surface area contributed by atoms with Crippen LogP contribution in [0.2, 0.25) is 0 Å². The van der Waals surface area contributed by atoms with Crippen LogP contribution < -0.4 is 19.1 Å². The number of anilines is 1. The zero-order chi connectivity index (χ0) is 31.1. The van der Waals surface area contributed by atoms with E-state index >= 15 is 0 Å². The monoisotopic (exact) mass is 599 g/mol. The van der Waals surface area contributed by atoms with Gasteiger partial charge in [0, 0.05) is 18.2 Å².